The lowest BCUT2D eigenvalue weighted by molar-refractivity contribution is -0.144. The number of piperidine rings is 1. The van der Waals surface area contributed by atoms with E-state index in [0.717, 1.165) is 17.0 Å². The van der Waals surface area contributed by atoms with E-state index in [0.29, 0.717) is 6.42 Å². The highest BCUT2D eigenvalue weighted by molar-refractivity contribution is 9.10. The Bertz CT molecular complexity index is 571. The van der Waals surface area contributed by atoms with Crippen molar-refractivity contribution in [3.63, 3.8) is 0 Å². The minimum absolute atomic E-state index is 0.148. The quantitative estimate of drug-likeness (QED) is 0.880. The first-order valence-electron chi connectivity index (χ1n) is 6.49. The minimum atomic E-state index is -1.16. The van der Waals surface area contributed by atoms with E-state index in [2.05, 4.69) is 15.9 Å². The van der Waals surface area contributed by atoms with Crippen LogP contribution < -0.4 is 0 Å². The molecule has 1 heterocycles. The molecule has 1 N–H and O–H groups in total. The van der Waals surface area contributed by atoms with Crippen LogP contribution in [-0.2, 0) is 4.79 Å². The van der Waals surface area contributed by atoms with Gasteiger partial charge in [0.15, 0.2) is 0 Å². The van der Waals surface area contributed by atoms with Crippen molar-refractivity contribution in [2.24, 2.45) is 5.92 Å². The molecule has 2 unspecified atom stereocenters. The lowest BCUT2D eigenvalue weighted by Gasteiger charge is -2.36. The molecule has 1 aliphatic rings. The number of carboxylic acid groups (broad SMARTS) is 1. The predicted molar refractivity (Wildman–Crippen MR) is 74.9 cm³/mol. The molecular weight excluding hydrogens is 348 g/mol. The maximum Gasteiger partial charge on any atom is 0.326 e. The number of halogens is 3. The van der Waals surface area contributed by atoms with Crippen molar-refractivity contribution in [1.82, 2.24) is 4.90 Å². The Hall–Kier alpha value is -1.50. The summed E-state index contributed by atoms with van der Waals surface area (Å²) >= 11 is 2.94. The molecule has 1 saturated heterocycles. The molecule has 1 aromatic carbocycles. The minimum Gasteiger partial charge on any atom is -0.480 e. The fraction of sp³-hybridized carbons (Fsp3) is 0.429. The molecule has 4 nitrogen and oxygen atoms in total. The van der Waals surface area contributed by atoms with Crippen molar-refractivity contribution in [2.75, 3.05) is 6.54 Å². The summed E-state index contributed by atoms with van der Waals surface area (Å²) in [5.74, 6) is -3.94. The van der Waals surface area contributed by atoms with Crippen LogP contribution in [0.3, 0.4) is 0 Å². The molecule has 0 radical (unpaired) electrons. The Morgan fingerprint density at radius 3 is 2.43 bits per heavy atom. The number of hydrogen-bond donors (Lipinski definition) is 1. The number of rotatable bonds is 2. The van der Waals surface area contributed by atoms with Gasteiger partial charge in [-0.1, -0.05) is 22.9 Å². The summed E-state index contributed by atoms with van der Waals surface area (Å²) in [4.78, 5) is 24.7. The Labute approximate surface area is 128 Å². The number of carbonyl (C=O) groups is 2. The zero-order valence-electron chi connectivity index (χ0n) is 11.3. The van der Waals surface area contributed by atoms with Gasteiger partial charge in [-0.05, 0) is 30.9 Å². The highest BCUT2D eigenvalue weighted by Gasteiger charge is 2.37. The molecule has 0 aliphatic carbocycles. The highest BCUT2D eigenvalue weighted by Crippen LogP contribution is 2.27. The monoisotopic (exact) mass is 361 g/mol. The average molecular weight is 362 g/mol. The summed E-state index contributed by atoms with van der Waals surface area (Å²) in [5, 5.41) is 9.22. The third-order valence-electron chi connectivity index (χ3n) is 3.63. The zero-order valence-corrected chi connectivity index (χ0v) is 12.9. The summed E-state index contributed by atoms with van der Waals surface area (Å²) in [7, 11) is 0. The Balaban J connectivity index is 2.37. The number of aliphatic carboxylic acids is 1. The van der Waals surface area contributed by atoms with Crippen molar-refractivity contribution in [1.29, 1.82) is 0 Å². The molecule has 0 saturated carbocycles. The fourth-order valence-corrected chi connectivity index (χ4v) is 2.91. The van der Waals surface area contributed by atoms with Crippen LogP contribution in [0.2, 0.25) is 0 Å². The Morgan fingerprint density at radius 2 is 1.90 bits per heavy atom. The molecule has 1 fully saturated rings. The number of hydrogen-bond acceptors (Lipinski definition) is 2. The largest absolute Gasteiger partial charge is 0.480 e. The van der Waals surface area contributed by atoms with Gasteiger partial charge in [0.25, 0.3) is 5.91 Å². The zero-order chi connectivity index (χ0) is 15.7. The van der Waals surface area contributed by atoms with Gasteiger partial charge in [-0.3, -0.25) is 4.79 Å². The van der Waals surface area contributed by atoms with Gasteiger partial charge < -0.3 is 10.0 Å². The van der Waals surface area contributed by atoms with Gasteiger partial charge in [-0.2, -0.15) is 0 Å². The van der Waals surface area contributed by atoms with Crippen molar-refractivity contribution in [3.8, 4) is 0 Å². The van der Waals surface area contributed by atoms with Crippen LogP contribution in [0.5, 0.6) is 0 Å². The van der Waals surface area contributed by atoms with Crippen molar-refractivity contribution in [2.45, 2.75) is 25.8 Å². The van der Waals surface area contributed by atoms with Gasteiger partial charge in [0.05, 0.1) is 0 Å². The number of likely N-dealkylation sites (tertiary alicyclic amines) is 1. The van der Waals surface area contributed by atoms with Gasteiger partial charge >= 0.3 is 5.97 Å². The van der Waals surface area contributed by atoms with Gasteiger partial charge in [0, 0.05) is 11.0 Å². The lowest BCUT2D eigenvalue weighted by atomic mass is 9.92. The topological polar surface area (TPSA) is 57.6 Å². The third-order valence-corrected chi connectivity index (χ3v) is 4.09. The molecule has 2 atom stereocenters. The first-order chi connectivity index (χ1) is 9.81. The Kier molecular flexibility index (Phi) is 4.61. The molecule has 0 spiro atoms. The smallest absolute Gasteiger partial charge is 0.326 e. The molecule has 21 heavy (non-hydrogen) atoms. The summed E-state index contributed by atoms with van der Waals surface area (Å²) in [5.41, 5.74) is -0.709. The van der Waals surface area contributed by atoms with E-state index in [-0.39, 0.29) is 23.4 Å². The lowest BCUT2D eigenvalue weighted by Crippen LogP contribution is -2.50. The third kappa shape index (κ3) is 3.23. The summed E-state index contributed by atoms with van der Waals surface area (Å²) < 4.78 is 27.9. The van der Waals surface area contributed by atoms with Crippen molar-refractivity contribution in [3.05, 3.63) is 33.8 Å². The standard InChI is InChI=1S/C14H14BrF2NO3/c1-7-2-3-18(11(4-7)14(20)21)13(19)12-9(16)5-8(15)6-10(12)17/h5-7,11H,2-4H2,1H3,(H,20,21). The van der Waals surface area contributed by atoms with E-state index < -0.39 is 35.1 Å². The van der Waals surface area contributed by atoms with E-state index in [1.165, 1.54) is 0 Å². The van der Waals surface area contributed by atoms with Crippen LogP contribution in [0.25, 0.3) is 0 Å². The van der Waals surface area contributed by atoms with Gasteiger partial charge in [-0.15, -0.1) is 0 Å². The van der Waals surface area contributed by atoms with Crippen molar-refractivity contribution < 1.29 is 23.5 Å². The summed E-state index contributed by atoms with van der Waals surface area (Å²) in [6, 6.07) is 0.917. The van der Waals surface area contributed by atoms with E-state index in [4.69, 9.17) is 0 Å². The van der Waals surface area contributed by atoms with E-state index in [1.54, 1.807) is 0 Å². The fourth-order valence-electron chi connectivity index (χ4n) is 2.51. The maximum absolute atomic E-state index is 13.9. The molecule has 1 aromatic rings. The van der Waals surface area contributed by atoms with Crippen LogP contribution in [-0.4, -0.2) is 34.5 Å². The normalized spacial score (nSPS) is 22.2. The maximum atomic E-state index is 13.9. The first-order valence-corrected chi connectivity index (χ1v) is 7.29. The SMILES string of the molecule is CC1CCN(C(=O)c2c(F)cc(Br)cc2F)C(C(=O)O)C1. The molecule has 7 heteroatoms. The number of carbonyl (C=O) groups excluding carboxylic acids is 1. The predicted octanol–water partition coefficient (Wildman–Crippen LogP) is 3.05. The number of nitrogens with zero attached hydrogens (tertiary/aromatic N) is 1. The second-order valence-corrected chi connectivity index (χ2v) is 6.14. The Morgan fingerprint density at radius 1 is 1.33 bits per heavy atom. The molecule has 114 valence electrons. The van der Waals surface area contributed by atoms with E-state index >= 15 is 0 Å². The second kappa shape index (κ2) is 6.09. The first kappa shape index (κ1) is 15.9. The van der Waals surface area contributed by atoms with Gasteiger partial charge in [0.2, 0.25) is 0 Å². The molecule has 0 bridgehead atoms. The molecule has 2 rings (SSSR count). The van der Waals surface area contributed by atoms with E-state index in [9.17, 15) is 23.5 Å². The van der Waals surface area contributed by atoms with Crippen LogP contribution in [0.1, 0.15) is 30.1 Å². The molecular formula is C14H14BrF2NO3. The van der Waals surface area contributed by atoms with Crippen LogP contribution in [0, 0.1) is 17.6 Å². The van der Waals surface area contributed by atoms with Crippen molar-refractivity contribution >= 4 is 27.8 Å². The van der Waals surface area contributed by atoms with E-state index in [1.807, 2.05) is 6.92 Å². The summed E-state index contributed by atoms with van der Waals surface area (Å²) in [6.45, 7) is 2.06. The number of benzene rings is 1. The van der Waals surface area contributed by atoms with Crippen LogP contribution in [0.4, 0.5) is 8.78 Å². The number of carboxylic acids is 1. The van der Waals surface area contributed by atoms with Crippen LogP contribution >= 0.6 is 15.9 Å². The van der Waals surface area contributed by atoms with Gasteiger partial charge in [-0.25, -0.2) is 13.6 Å². The molecule has 1 aliphatic heterocycles. The average Bonchev–Trinajstić information content (AvgIpc) is 2.36. The van der Waals surface area contributed by atoms with Gasteiger partial charge in [0.1, 0.15) is 23.2 Å². The molecule has 0 aromatic heterocycles. The summed E-state index contributed by atoms with van der Waals surface area (Å²) in [6.07, 6.45) is 0.885. The van der Waals surface area contributed by atoms with Crippen LogP contribution in [0.15, 0.2) is 16.6 Å². The highest BCUT2D eigenvalue weighted by atomic mass is 79.9. The second-order valence-electron chi connectivity index (χ2n) is 5.23. The molecule has 1 amide bonds. The number of amides is 1.